The lowest BCUT2D eigenvalue weighted by Gasteiger charge is -2.32. The molecule has 0 aromatic carbocycles. The third-order valence-corrected chi connectivity index (χ3v) is 6.37. The van der Waals surface area contributed by atoms with Crippen molar-refractivity contribution < 1.29 is 4.74 Å². The molecular weight excluding hydrogens is 448 g/mol. The highest BCUT2D eigenvalue weighted by atomic mass is 32.1. The molecule has 0 spiro atoms. The SMILES string of the molecule is CC.COc1cccnc1-c1nc2cc(Nc3cc(C)nc(N4CCN(C)CC4)n3)ncc2s1. The van der Waals surface area contributed by atoms with Crippen molar-refractivity contribution in [2.45, 2.75) is 20.8 Å². The Labute approximate surface area is 203 Å². The Bertz CT molecular complexity index is 1250. The fourth-order valence-electron chi connectivity index (χ4n) is 3.62. The first kappa shape index (κ1) is 23.8. The minimum Gasteiger partial charge on any atom is -0.494 e. The van der Waals surface area contributed by atoms with Gasteiger partial charge in [0.2, 0.25) is 5.95 Å². The number of ether oxygens (including phenoxy) is 1. The molecular formula is C24H30N8OS. The Morgan fingerprint density at radius 2 is 1.79 bits per heavy atom. The van der Waals surface area contributed by atoms with Crippen molar-refractivity contribution in [1.82, 2.24) is 29.8 Å². The molecule has 0 radical (unpaired) electrons. The third kappa shape index (κ3) is 5.23. The molecule has 0 atom stereocenters. The highest BCUT2D eigenvalue weighted by molar-refractivity contribution is 7.21. The summed E-state index contributed by atoms with van der Waals surface area (Å²) in [5.41, 5.74) is 2.49. The molecule has 1 N–H and O–H groups in total. The molecule has 1 saturated heterocycles. The quantitative estimate of drug-likeness (QED) is 0.448. The van der Waals surface area contributed by atoms with Gasteiger partial charge >= 0.3 is 0 Å². The predicted molar refractivity (Wildman–Crippen MR) is 138 cm³/mol. The van der Waals surface area contributed by atoms with Crippen molar-refractivity contribution in [1.29, 1.82) is 0 Å². The van der Waals surface area contributed by atoms with Crippen LogP contribution in [-0.2, 0) is 0 Å². The van der Waals surface area contributed by atoms with E-state index in [1.54, 1.807) is 13.3 Å². The van der Waals surface area contributed by atoms with Crippen molar-refractivity contribution >= 4 is 39.1 Å². The molecule has 4 aromatic heterocycles. The highest BCUT2D eigenvalue weighted by Crippen LogP contribution is 2.34. The minimum atomic E-state index is 0.685. The lowest BCUT2D eigenvalue weighted by atomic mass is 10.3. The number of likely N-dealkylation sites (N-methyl/N-ethyl adjacent to an activating group) is 1. The molecule has 10 heteroatoms. The van der Waals surface area contributed by atoms with Crippen LogP contribution in [0.4, 0.5) is 17.6 Å². The van der Waals surface area contributed by atoms with E-state index in [9.17, 15) is 0 Å². The fraction of sp³-hybridized carbons (Fsp3) is 0.375. The second-order valence-corrected chi connectivity index (χ2v) is 8.75. The van der Waals surface area contributed by atoms with Gasteiger partial charge in [0, 0.05) is 56.4 Å². The summed E-state index contributed by atoms with van der Waals surface area (Å²) in [6.45, 7) is 9.83. The minimum absolute atomic E-state index is 0.685. The van der Waals surface area contributed by atoms with Crippen LogP contribution in [0, 0.1) is 6.92 Å². The number of aromatic nitrogens is 5. The van der Waals surface area contributed by atoms with Crippen LogP contribution in [0.3, 0.4) is 0 Å². The van der Waals surface area contributed by atoms with E-state index in [0.717, 1.165) is 64.6 Å². The maximum absolute atomic E-state index is 5.43. The number of pyridine rings is 2. The summed E-state index contributed by atoms with van der Waals surface area (Å²) in [5.74, 6) is 2.86. The molecule has 0 aliphatic carbocycles. The van der Waals surface area contributed by atoms with Crippen LogP contribution in [0.5, 0.6) is 5.75 Å². The second kappa shape index (κ2) is 10.7. The number of thiazole rings is 1. The number of anilines is 3. The molecule has 34 heavy (non-hydrogen) atoms. The smallest absolute Gasteiger partial charge is 0.227 e. The molecule has 4 aromatic rings. The molecule has 1 fully saturated rings. The first-order valence-electron chi connectivity index (χ1n) is 11.4. The van der Waals surface area contributed by atoms with Crippen LogP contribution in [0.25, 0.3) is 20.9 Å². The van der Waals surface area contributed by atoms with Gasteiger partial charge in [0.25, 0.3) is 0 Å². The van der Waals surface area contributed by atoms with E-state index >= 15 is 0 Å². The molecule has 5 rings (SSSR count). The van der Waals surface area contributed by atoms with Crippen molar-refractivity contribution in [3.63, 3.8) is 0 Å². The van der Waals surface area contributed by atoms with Crippen LogP contribution >= 0.6 is 11.3 Å². The summed E-state index contributed by atoms with van der Waals surface area (Å²) < 4.78 is 6.41. The molecule has 9 nitrogen and oxygen atoms in total. The number of hydrogen-bond acceptors (Lipinski definition) is 10. The Balaban J connectivity index is 0.00000133. The van der Waals surface area contributed by atoms with E-state index in [-0.39, 0.29) is 0 Å². The number of methoxy groups -OCH3 is 1. The molecule has 178 valence electrons. The van der Waals surface area contributed by atoms with Gasteiger partial charge in [0.15, 0.2) is 0 Å². The molecule has 0 amide bonds. The fourth-order valence-corrected chi connectivity index (χ4v) is 4.53. The van der Waals surface area contributed by atoms with Gasteiger partial charge in [-0.1, -0.05) is 13.8 Å². The van der Waals surface area contributed by atoms with Gasteiger partial charge in [-0.2, -0.15) is 4.98 Å². The second-order valence-electron chi connectivity index (χ2n) is 7.72. The maximum Gasteiger partial charge on any atom is 0.227 e. The van der Waals surface area contributed by atoms with Gasteiger partial charge in [-0.05, 0) is 26.1 Å². The van der Waals surface area contributed by atoms with Gasteiger partial charge in [-0.15, -0.1) is 11.3 Å². The maximum atomic E-state index is 5.43. The molecule has 1 aliphatic heterocycles. The van der Waals surface area contributed by atoms with E-state index in [4.69, 9.17) is 14.7 Å². The number of piperazine rings is 1. The lowest BCUT2D eigenvalue weighted by molar-refractivity contribution is 0.311. The standard InChI is InChI=1S/C22H24N8OS.C2H6/c1-14-11-19(28-22(25-14)30-9-7-29(2)8-10-30)27-18-12-15-17(13-24-18)32-21(26-15)20-16(31-3)5-4-6-23-20;1-2/h4-6,11-13H,7-10H2,1-3H3,(H,24,25,27,28);1-2H3. The number of nitrogens with one attached hydrogen (secondary N) is 1. The zero-order valence-electron chi connectivity index (χ0n) is 20.2. The average molecular weight is 479 g/mol. The Morgan fingerprint density at radius 3 is 2.56 bits per heavy atom. The first-order valence-corrected chi connectivity index (χ1v) is 12.2. The van der Waals surface area contributed by atoms with Crippen molar-refractivity contribution in [3.05, 3.63) is 42.4 Å². The van der Waals surface area contributed by atoms with Crippen LogP contribution < -0.4 is 15.0 Å². The summed E-state index contributed by atoms with van der Waals surface area (Å²) in [7, 11) is 3.77. The largest absolute Gasteiger partial charge is 0.494 e. The van der Waals surface area contributed by atoms with E-state index in [2.05, 4.69) is 37.1 Å². The van der Waals surface area contributed by atoms with Gasteiger partial charge < -0.3 is 19.9 Å². The Hall–Kier alpha value is -3.37. The number of hydrogen-bond donors (Lipinski definition) is 1. The van der Waals surface area contributed by atoms with Gasteiger partial charge in [0.1, 0.15) is 28.1 Å². The summed E-state index contributed by atoms with van der Waals surface area (Å²) in [6.07, 6.45) is 3.56. The summed E-state index contributed by atoms with van der Waals surface area (Å²) in [6, 6.07) is 7.59. The molecule has 1 aliphatic rings. The van der Waals surface area contributed by atoms with Crippen LogP contribution in [0.1, 0.15) is 19.5 Å². The molecule has 0 unspecified atom stereocenters. The van der Waals surface area contributed by atoms with E-state index in [1.165, 1.54) is 11.3 Å². The van der Waals surface area contributed by atoms with E-state index in [1.807, 2.05) is 51.2 Å². The van der Waals surface area contributed by atoms with Crippen LogP contribution in [-0.4, -0.2) is 70.2 Å². The van der Waals surface area contributed by atoms with Crippen LogP contribution in [0.2, 0.25) is 0 Å². The topological polar surface area (TPSA) is 92.2 Å². The number of fused-ring (bicyclic) bond motifs is 1. The summed E-state index contributed by atoms with van der Waals surface area (Å²) in [4.78, 5) is 27.7. The van der Waals surface area contributed by atoms with Gasteiger partial charge in [-0.3, -0.25) is 0 Å². The zero-order chi connectivity index (χ0) is 24.1. The monoisotopic (exact) mass is 478 g/mol. The summed E-state index contributed by atoms with van der Waals surface area (Å²) in [5, 5.41) is 4.12. The lowest BCUT2D eigenvalue weighted by Crippen LogP contribution is -2.45. The number of nitrogens with zero attached hydrogens (tertiary/aromatic N) is 7. The van der Waals surface area contributed by atoms with Crippen molar-refractivity contribution in [2.75, 3.05) is 50.6 Å². The first-order chi connectivity index (χ1) is 16.6. The van der Waals surface area contributed by atoms with Crippen molar-refractivity contribution in [3.8, 4) is 16.5 Å². The molecule has 0 saturated carbocycles. The number of rotatable bonds is 5. The van der Waals surface area contributed by atoms with Crippen molar-refractivity contribution in [2.24, 2.45) is 0 Å². The normalized spacial score (nSPS) is 14.0. The Kier molecular flexibility index (Phi) is 7.49. The zero-order valence-corrected chi connectivity index (χ0v) is 21.1. The average Bonchev–Trinajstić information content (AvgIpc) is 3.28. The molecule has 5 heterocycles. The van der Waals surface area contributed by atoms with Gasteiger partial charge in [-0.25, -0.2) is 19.9 Å². The predicted octanol–water partition coefficient (Wildman–Crippen LogP) is 4.38. The van der Waals surface area contributed by atoms with Crippen LogP contribution in [0.15, 0.2) is 36.7 Å². The third-order valence-electron chi connectivity index (χ3n) is 5.35. The summed E-state index contributed by atoms with van der Waals surface area (Å²) >= 11 is 1.54. The van der Waals surface area contributed by atoms with E-state index in [0.29, 0.717) is 11.6 Å². The van der Waals surface area contributed by atoms with Gasteiger partial charge in [0.05, 0.1) is 17.3 Å². The number of aryl methyl sites for hydroxylation is 1. The van der Waals surface area contributed by atoms with E-state index < -0.39 is 0 Å². The Morgan fingerprint density at radius 1 is 1.00 bits per heavy atom. The molecule has 0 bridgehead atoms. The highest BCUT2D eigenvalue weighted by Gasteiger charge is 2.18.